The number of carbonyl (C=O) groups excluding carboxylic acids is 4. The van der Waals surface area contributed by atoms with Crippen molar-refractivity contribution in [3.8, 4) is 0 Å². The summed E-state index contributed by atoms with van der Waals surface area (Å²) in [6.07, 6.45) is 5.79. The molecule has 1 heterocycles. The SMILES string of the molecule is C=CCCN(C(=O)OC(C)(C)C)N(CC=C)C(=O)OC(C)(C)C.CC(C)(C)OC(=O)N1CC=CCCN1C(=O)OC(C)(C)C. The zero-order chi connectivity index (χ0) is 34.5. The maximum Gasteiger partial charge on any atom is 0.429 e. The van der Waals surface area contributed by atoms with Crippen LogP contribution in [0, 0.1) is 0 Å². The highest BCUT2D eigenvalue weighted by Gasteiger charge is 2.34. The van der Waals surface area contributed by atoms with E-state index in [-0.39, 0.29) is 19.6 Å². The molecule has 0 atom stereocenters. The fourth-order valence-electron chi connectivity index (χ4n) is 3.25. The van der Waals surface area contributed by atoms with Gasteiger partial charge in [0.25, 0.3) is 0 Å². The summed E-state index contributed by atoms with van der Waals surface area (Å²) < 4.78 is 21.4. The van der Waals surface area contributed by atoms with Crippen LogP contribution in [0.4, 0.5) is 19.2 Å². The van der Waals surface area contributed by atoms with Gasteiger partial charge in [-0.1, -0.05) is 24.3 Å². The van der Waals surface area contributed by atoms with Crippen LogP contribution in [0.2, 0.25) is 0 Å². The summed E-state index contributed by atoms with van der Waals surface area (Å²) in [6, 6.07) is 0. The van der Waals surface area contributed by atoms with Crippen molar-refractivity contribution in [2.24, 2.45) is 0 Å². The molecule has 1 aliphatic rings. The highest BCUT2D eigenvalue weighted by Crippen LogP contribution is 2.18. The lowest BCUT2D eigenvalue weighted by Gasteiger charge is -2.36. The number of amides is 4. The van der Waals surface area contributed by atoms with Crippen LogP contribution in [0.15, 0.2) is 37.5 Å². The van der Waals surface area contributed by atoms with Gasteiger partial charge in [0.2, 0.25) is 0 Å². The molecule has 0 aromatic heterocycles. The van der Waals surface area contributed by atoms with E-state index in [9.17, 15) is 19.2 Å². The van der Waals surface area contributed by atoms with E-state index in [1.54, 1.807) is 89.2 Å². The van der Waals surface area contributed by atoms with E-state index in [1.165, 1.54) is 26.1 Å². The normalized spacial score (nSPS) is 13.8. The van der Waals surface area contributed by atoms with Crippen LogP contribution in [0.3, 0.4) is 0 Å². The molecule has 12 heteroatoms. The van der Waals surface area contributed by atoms with Crippen molar-refractivity contribution in [3.63, 3.8) is 0 Å². The number of carbonyl (C=O) groups is 4. The van der Waals surface area contributed by atoms with Gasteiger partial charge in [0.1, 0.15) is 22.4 Å². The van der Waals surface area contributed by atoms with Crippen molar-refractivity contribution in [3.05, 3.63) is 37.5 Å². The van der Waals surface area contributed by atoms with E-state index in [4.69, 9.17) is 18.9 Å². The molecule has 0 saturated heterocycles. The Hall–Kier alpha value is -3.70. The van der Waals surface area contributed by atoms with E-state index < -0.39 is 46.8 Å². The minimum atomic E-state index is -0.672. The Kier molecular flexibility index (Phi) is 15.5. The van der Waals surface area contributed by atoms with Gasteiger partial charge in [-0.15, -0.1) is 13.2 Å². The van der Waals surface area contributed by atoms with Gasteiger partial charge in [-0.25, -0.2) is 39.2 Å². The predicted molar refractivity (Wildman–Crippen MR) is 171 cm³/mol. The number of rotatable bonds is 5. The molecule has 1 aliphatic heterocycles. The third kappa shape index (κ3) is 17.4. The van der Waals surface area contributed by atoms with Crippen molar-refractivity contribution in [1.29, 1.82) is 0 Å². The van der Waals surface area contributed by atoms with Gasteiger partial charge in [0, 0.05) is 13.1 Å². The van der Waals surface area contributed by atoms with E-state index in [0.717, 1.165) is 0 Å². The van der Waals surface area contributed by atoms with Crippen LogP contribution in [0.1, 0.15) is 95.9 Å². The van der Waals surface area contributed by atoms with Crippen molar-refractivity contribution in [2.75, 3.05) is 26.2 Å². The minimum absolute atomic E-state index is 0.130. The molecule has 12 nitrogen and oxygen atoms in total. The first-order valence-electron chi connectivity index (χ1n) is 14.8. The van der Waals surface area contributed by atoms with E-state index >= 15 is 0 Å². The highest BCUT2D eigenvalue weighted by atomic mass is 16.6. The van der Waals surface area contributed by atoms with Crippen molar-refractivity contribution in [2.45, 2.75) is 118 Å². The number of nitrogens with zero attached hydrogens (tertiary/aromatic N) is 4. The molecular formula is C32H56N4O8. The zero-order valence-electron chi connectivity index (χ0n) is 29.0. The summed E-state index contributed by atoms with van der Waals surface area (Å²) >= 11 is 0. The summed E-state index contributed by atoms with van der Waals surface area (Å²) in [5.41, 5.74) is -2.57. The summed E-state index contributed by atoms with van der Waals surface area (Å²) in [4.78, 5) is 49.4. The number of ether oxygens (including phenoxy) is 4. The lowest BCUT2D eigenvalue weighted by molar-refractivity contribution is -0.0578. The molecule has 252 valence electrons. The summed E-state index contributed by atoms with van der Waals surface area (Å²) in [5.74, 6) is 0. The Labute approximate surface area is 264 Å². The summed E-state index contributed by atoms with van der Waals surface area (Å²) in [5, 5.41) is 5.00. The fourth-order valence-corrected chi connectivity index (χ4v) is 3.25. The number of hydrazine groups is 2. The van der Waals surface area contributed by atoms with Gasteiger partial charge in [0.15, 0.2) is 0 Å². The zero-order valence-corrected chi connectivity index (χ0v) is 29.0. The first kappa shape index (κ1) is 40.3. The van der Waals surface area contributed by atoms with Crippen LogP contribution in [0.5, 0.6) is 0 Å². The molecule has 0 saturated carbocycles. The van der Waals surface area contributed by atoms with Crippen LogP contribution in [-0.4, -0.2) is 93.0 Å². The van der Waals surface area contributed by atoms with Crippen LogP contribution in [0.25, 0.3) is 0 Å². The first-order valence-corrected chi connectivity index (χ1v) is 14.8. The lowest BCUT2D eigenvalue weighted by Crippen LogP contribution is -2.53. The molecule has 1 rings (SSSR count). The van der Waals surface area contributed by atoms with Crippen molar-refractivity contribution < 1.29 is 38.1 Å². The summed E-state index contributed by atoms with van der Waals surface area (Å²) in [6.45, 7) is 29.6. The molecule has 0 aliphatic carbocycles. The monoisotopic (exact) mass is 624 g/mol. The van der Waals surface area contributed by atoms with E-state index in [0.29, 0.717) is 19.4 Å². The molecular weight excluding hydrogens is 568 g/mol. The Bertz CT molecular complexity index is 1010. The Morgan fingerprint density at radius 3 is 1.50 bits per heavy atom. The lowest BCUT2D eigenvalue weighted by atomic mass is 10.2. The fraction of sp³-hybridized carbons (Fsp3) is 0.688. The third-order valence-electron chi connectivity index (χ3n) is 4.80. The Morgan fingerprint density at radius 2 is 1.09 bits per heavy atom. The molecule has 0 unspecified atom stereocenters. The number of hydrogen-bond donors (Lipinski definition) is 0. The maximum atomic E-state index is 12.4. The van der Waals surface area contributed by atoms with Crippen LogP contribution < -0.4 is 0 Å². The molecule has 0 N–H and O–H groups in total. The highest BCUT2D eigenvalue weighted by molar-refractivity contribution is 5.75. The van der Waals surface area contributed by atoms with E-state index in [2.05, 4.69) is 13.2 Å². The van der Waals surface area contributed by atoms with Gasteiger partial charge < -0.3 is 18.9 Å². The van der Waals surface area contributed by atoms with Gasteiger partial charge in [-0.05, 0) is 95.9 Å². The summed E-state index contributed by atoms with van der Waals surface area (Å²) in [7, 11) is 0. The first-order chi connectivity index (χ1) is 19.9. The van der Waals surface area contributed by atoms with Gasteiger partial charge >= 0.3 is 24.4 Å². The quantitative estimate of drug-likeness (QED) is 0.176. The van der Waals surface area contributed by atoms with Gasteiger partial charge in [-0.3, -0.25) is 0 Å². The maximum absolute atomic E-state index is 12.4. The average molecular weight is 625 g/mol. The van der Waals surface area contributed by atoms with Gasteiger partial charge in [-0.2, -0.15) is 0 Å². The molecule has 0 radical (unpaired) electrons. The van der Waals surface area contributed by atoms with Crippen molar-refractivity contribution in [1.82, 2.24) is 20.0 Å². The van der Waals surface area contributed by atoms with E-state index in [1.807, 2.05) is 12.2 Å². The molecule has 0 fully saturated rings. The second-order valence-corrected chi connectivity index (χ2v) is 14.0. The van der Waals surface area contributed by atoms with Crippen LogP contribution >= 0.6 is 0 Å². The second kappa shape index (κ2) is 17.0. The largest absolute Gasteiger partial charge is 0.442 e. The molecule has 4 amide bonds. The number of hydrogen-bond acceptors (Lipinski definition) is 8. The topological polar surface area (TPSA) is 118 Å². The van der Waals surface area contributed by atoms with Gasteiger partial charge in [0.05, 0.1) is 13.1 Å². The van der Waals surface area contributed by atoms with Crippen LogP contribution in [-0.2, 0) is 18.9 Å². The molecule has 0 bridgehead atoms. The third-order valence-corrected chi connectivity index (χ3v) is 4.80. The Morgan fingerprint density at radius 1 is 0.659 bits per heavy atom. The molecule has 44 heavy (non-hydrogen) atoms. The smallest absolute Gasteiger partial charge is 0.429 e. The second-order valence-electron chi connectivity index (χ2n) is 14.0. The van der Waals surface area contributed by atoms with Crippen molar-refractivity contribution >= 4 is 24.4 Å². The molecule has 0 spiro atoms. The predicted octanol–water partition coefficient (Wildman–Crippen LogP) is 7.47. The Balaban J connectivity index is 0.000000843. The average Bonchev–Trinajstić information content (AvgIpc) is 3.06. The molecule has 0 aromatic rings. The standard InChI is InChI=1S/C17H30N2O4.C15H26N2O4/c1-9-11-13-19(15(21)23-17(6,7)8)18(12-10-2)14(20)22-16(3,4)5;1-14(2,3)20-12(18)16-10-8-7-9-11-17(16)13(19)21-15(4,5)6/h9-10H,1-2,11-13H2,3-8H3;7-8H,9-11H2,1-6H3. The minimum Gasteiger partial charge on any atom is -0.442 e. The molecule has 0 aromatic carbocycles.